The summed E-state index contributed by atoms with van der Waals surface area (Å²) in [5.74, 6) is 0.253. The normalized spacial score (nSPS) is 11.9. The van der Waals surface area contributed by atoms with Crippen LogP contribution in [0.1, 0.15) is 12.5 Å². The Morgan fingerprint density at radius 3 is 2.75 bits per heavy atom. The SMILES string of the molecule is Cc1c(OC(C)C(=N)N)cccc1[N+](=O)[O-]. The van der Waals surface area contributed by atoms with Crippen LogP contribution < -0.4 is 10.5 Å². The highest BCUT2D eigenvalue weighted by atomic mass is 16.6. The molecule has 86 valence electrons. The maximum absolute atomic E-state index is 10.7. The Balaban J connectivity index is 3.02. The van der Waals surface area contributed by atoms with Crippen LogP contribution in [0.4, 0.5) is 5.69 Å². The van der Waals surface area contributed by atoms with E-state index >= 15 is 0 Å². The third-order valence-electron chi connectivity index (χ3n) is 2.19. The Labute approximate surface area is 92.7 Å². The van der Waals surface area contributed by atoms with E-state index < -0.39 is 11.0 Å². The van der Waals surface area contributed by atoms with Crippen LogP contribution in [-0.4, -0.2) is 16.9 Å². The molecule has 1 aromatic carbocycles. The van der Waals surface area contributed by atoms with Gasteiger partial charge in [0.25, 0.3) is 5.69 Å². The number of nitro benzene ring substituents is 1. The number of amidine groups is 1. The Kier molecular flexibility index (Phi) is 3.44. The van der Waals surface area contributed by atoms with Crippen molar-refractivity contribution in [3.05, 3.63) is 33.9 Å². The highest BCUT2D eigenvalue weighted by Crippen LogP contribution is 2.27. The second kappa shape index (κ2) is 4.61. The summed E-state index contributed by atoms with van der Waals surface area (Å²) in [7, 11) is 0. The van der Waals surface area contributed by atoms with Crippen molar-refractivity contribution >= 4 is 11.5 Å². The predicted octanol–water partition coefficient (Wildman–Crippen LogP) is 1.61. The Bertz CT molecular complexity index is 431. The number of ether oxygens (including phenoxy) is 1. The van der Waals surface area contributed by atoms with Crippen LogP contribution in [0.5, 0.6) is 5.75 Å². The monoisotopic (exact) mass is 223 g/mol. The molecule has 1 atom stereocenters. The van der Waals surface area contributed by atoms with E-state index in [1.54, 1.807) is 19.9 Å². The molecule has 3 N–H and O–H groups in total. The van der Waals surface area contributed by atoms with E-state index in [9.17, 15) is 10.1 Å². The molecule has 6 nitrogen and oxygen atoms in total. The fraction of sp³-hybridized carbons (Fsp3) is 0.300. The molecule has 0 aromatic heterocycles. The van der Waals surface area contributed by atoms with E-state index in [1.807, 2.05) is 0 Å². The van der Waals surface area contributed by atoms with E-state index in [0.29, 0.717) is 11.3 Å². The molecule has 6 heteroatoms. The van der Waals surface area contributed by atoms with Gasteiger partial charge in [0.05, 0.1) is 10.5 Å². The molecule has 0 amide bonds. The summed E-state index contributed by atoms with van der Waals surface area (Å²) in [6.45, 7) is 3.21. The summed E-state index contributed by atoms with van der Waals surface area (Å²) in [6, 6.07) is 4.55. The molecule has 1 aromatic rings. The van der Waals surface area contributed by atoms with Gasteiger partial charge in [0.2, 0.25) is 0 Å². The van der Waals surface area contributed by atoms with Gasteiger partial charge in [-0.1, -0.05) is 6.07 Å². The topological polar surface area (TPSA) is 102 Å². The van der Waals surface area contributed by atoms with Crippen molar-refractivity contribution in [2.75, 3.05) is 0 Å². The second-order valence-electron chi connectivity index (χ2n) is 3.37. The van der Waals surface area contributed by atoms with E-state index in [1.165, 1.54) is 12.1 Å². The number of nitrogens with two attached hydrogens (primary N) is 1. The summed E-state index contributed by atoms with van der Waals surface area (Å²) < 4.78 is 5.34. The van der Waals surface area contributed by atoms with Crippen LogP contribution in [0, 0.1) is 22.4 Å². The molecule has 0 fully saturated rings. The van der Waals surface area contributed by atoms with E-state index in [-0.39, 0.29) is 11.5 Å². The summed E-state index contributed by atoms with van der Waals surface area (Å²) in [4.78, 5) is 10.2. The van der Waals surface area contributed by atoms with Gasteiger partial charge < -0.3 is 10.5 Å². The first-order valence-corrected chi connectivity index (χ1v) is 4.68. The van der Waals surface area contributed by atoms with E-state index in [4.69, 9.17) is 15.9 Å². The highest BCUT2D eigenvalue weighted by Gasteiger charge is 2.16. The van der Waals surface area contributed by atoms with Crippen molar-refractivity contribution in [1.82, 2.24) is 0 Å². The molecule has 0 aliphatic rings. The van der Waals surface area contributed by atoms with Crippen LogP contribution >= 0.6 is 0 Å². The summed E-state index contributed by atoms with van der Waals surface area (Å²) in [6.07, 6.45) is -0.597. The van der Waals surface area contributed by atoms with Crippen molar-refractivity contribution in [2.24, 2.45) is 5.73 Å². The predicted molar refractivity (Wildman–Crippen MR) is 59.8 cm³/mol. The molecule has 0 saturated carbocycles. The molecular weight excluding hydrogens is 210 g/mol. The van der Waals surface area contributed by atoms with Gasteiger partial charge in [0.15, 0.2) is 6.10 Å². The Morgan fingerprint density at radius 2 is 2.25 bits per heavy atom. The minimum absolute atomic E-state index is 0.00625. The van der Waals surface area contributed by atoms with Crippen molar-refractivity contribution in [3.8, 4) is 5.75 Å². The van der Waals surface area contributed by atoms with Crippen LogP contribution in [0.2, 0.25) is 0 Å². The first-order chi connectivity index (χ1) is 7.43. The zero-order valence-electron chi connectivity index (χ0n) is 9.06. The number of benzene rings is 1. The van der Waals surface area contributed by atoms with Crippen LogP contribution in [0.3, 0.4) is 0 Å². The second-order valence-corrected chi connectivity index (χ2v) is 3.37. The van der Waals surface area contributed by atoms with Gasteiger partial charge in [0.1, 0.15) is 11.6 Å². The molecule has 1 rings (SSSR count). The van der Waals surface area contributed by atoms with Gasteiger partial charge in [-0.15, -0.1) is 0 Å². The average Bonchev–Trinajstić information content (AvgIpc) is 2.20. The van der Waals surface area contributed by atoms with Gasteiger partial charge in [-0.2, -0.15) is 0 Å². The minimum atomic E-state index is -0.597. The standard InChI is InChI=1S/C10H13N3O3/c1-6-8(13(14)15)4-3-5-9(6)16-7(2)10(11)12/h3-5,7H,1-2H3,(H3,11,12). The molecule has 0 saturated heterocycles. The lowest BCUT2D eigenvalue weighted by Gasteiger charge is -2.14. The fourth-order valence-corrected chi connectivity index (χ4v) is 1.18. The summed E-state index contributed by atoms with van der Waals surface area (Å²) in [5.41, 5.74) is 5.68. The third-order valence-corrected chi connectivity index (χ3v) is 2.19. The van der Waals surface area contributed by atoms with Crippen molar-refractivity contribution in [2.45, 2.75) is 20.0 Å². The molecule has 0 bridgehead atoms. The zero-order valence-corrected chi connectivity index (χ0v) is 9.06. The molecule has 0 aliphatic carbocycles. The van der Waals surface area contributed by atoms with Crippen LogP contribution in [-0.2, 0) is 0 Å². The lowest BCUT2D eigenvalue weighted by atomic mass is 10.2. The van der Waals surface area contributed by atoms with Gasteiger partial charge >= 0.3 is 0 Å². The van der Waals surface area contributed by atoms with Gasteiger partial charge in [0, 0.05) is 6.07 Å². The largest absolute Gasteiger partial charge is 0.482 e. The molecule has 0 aliphatic heterocycles. The number of nitrogens with one attached hydrogen (secondary N) is 1. The van der Waals surface area contributed by atoms with Crippen molar-refractivity contribution in [1.29, 1.82) is 5.41 Å². The maximum Gasteiger partial charge on any atom is 0.276 e. The Hall–Kier alpha value is -2.11. The minimum Gasteiger partial charge on any atom is -0.482 e. The quantitative estimate of drug-likeness (QED) is 0.350. The molecule has 0 heterocycles. The smallest absolute Gasteiger partial charge is 0.276 e. The Morgan fingerprint density at radius 1 is 1.62 bits per heavy atom. The number of nitrogens with zero attached hydrogens (tertiary/aromatic N) is 1. The van der Waals surface area contributed by atoms with Crippen LogP contribution in [0.15, 0.2) is 18.2 Å². The average molecular weight is 223 g/mol. The fourth-order valence-electron chi connectivity index (χ4n) is 1.18. The number of hydrogen-bond acceptors (Lipinski definition) is 4. The lowest BCUT2D eigenvalue weighted by molar-refractivity contribution is -0.385. The maximum atomic E-state index is 10.7. The molecule has 16 heavy (non-hydrogen) atoms. The first-order valence-electron chi connectivity index (χ1n) is 4.68. The lowest BCUT2D eigenvalue weighted by Crippen LogP contribution is -2.30. The third kappa shape index (κ3) is 2.47. The summed E-state index contributed by atoms with van der Waals surface area (Å²) >= 11 is 0. The van der Waals surface area contributed by atoms with E-state index in [0.717, 1.165) is 0 Å². The molecule has 0 spiro atoms. The molecule has 0 radical (unpaired) electrons. The summed E-state index contributed by atoms with van der Waals surface area (Å²) in [5, 5.41) is 17.9. The number of hydrogen-bond donors (Lipinski definition) is 2. The first kappa shape index (κ1) is 12.0. The molecule has 1 unspecified atom stereocenters. The van der Waals surface area contributed by atoms with Gasteiger partial charge in [-0.25, -0.2) is 0 Å². The van der Waals surface area contributed by atoms with Crippen LogP contribution in [0.25, 0.3) is 0 Å². The van der Waals surface area contributed by atoms with Crippen molar-refractivity contribution in [3.63, 3.8) is 0 Å². The molecular formula is C10H13N3O3. The van der Waals surface area contributed by atoms with Gasteiger partial charge in [-0.3, -0.25) is 15.5 Å². The van der Waals surface area contributed by atoms with Crippen molar-refractivity contribution < 1.29 is 9.66 Å². The number of nitro groups is 1. The zero-order chi connectivity index (χ0) is 12.3. The van der Waals surface area contributed by atoms with Gasteiger partial charge in [-0.05, 0) is 19.9 Å². The highest BCUT2D eigenvalue weighted by molar-refractivity contribution is 5.81. The number of rotatable bonds is 4. The van der Waals surface area contributed by atoms with E-state index in [2.05, 4.69) is 0 Å².